The van der Waals surface area contributed by atoms with E-state index in [4.69, 9.17) is 0 Å². The van der Waals surface area contributed by atoms with Gasteiger partial charge in [-0.15, -0.1) is 0 Å². The maximum Gasteiger partial charge on any atom is 0.541 e. The van der Waals surface area contributed by atoms with Gasteiger partial charge < -0.3 is 10.2 Å². The van der Waals surface area contributed by atoms with Crippen LogP contribution in [0.15, 0.2) is 84.9 Å². The molecule has 0 aliphatic rings. The van der Waals surface area contributed by atoms with Crippen molar-refractivity contribution in [2.45, 2.75) is 31.0 Å². The van der Waals surface area contributed by atoms with E-state index < -0.39 is 37.0 Å². The molecule has 4 aromatic rings. The highest BCUT2D eigenvalue weighted by Crippen LogP contribution is 2.50. The number of aliphatic hydroxyl groups is 1. The van der Waals surface area contributed by atoms with Gasteiger partial charge in [0.15, 0.2) is 5.60 Å². The van der Waals surface area contributed by atoms with Crippen LogP contribution in [0.1, 0.15) is 25.1 Å². The highest BCUT2D eigenvalue weighted by Gasteiger charge is 2.72. The topological polar surface area (TPSA) is 108 Å². The number of carboxylic acid groups (broad SMARTS) is 1. The molecule has 3 N–H and O–H groups in total. The van der Waals surface area contributed by atoms with Crippen LogP contribution in [0.3, 0.4) is 0 Å². The number of carboxylic acids is 1. The second kappa shape index (κ2) is 10.8. The predicted molar refractivity (Wildman–Crippen MR) is 144 cm³/mol. The number of nitrogens with zero attached hydrogens (tertiary/aromatic N) is 1. The molecule has 0 aliphatic heterocycles. The van der Waals surface area contributed by atoms with E-state index in [9.17, 15) is 28.9 Å². The lowest BCUT2D eigenvalue weighted by molar-refractivity contribution is -0.146. The number of carbonyl (C=O) groups is 1. The van der Waals surface area contributed by atoms with Crippen molar-refractivity contribution in [3.05, 3.63) is 102 Å². The van der Waals surface area contributed by atoms with Gasteiger partial charge >= 0.3 is 19.2 Å². The second-order valence-corrected chi connectivity index (χ2v) is 10.5. The van der Waals surface area contributed by atoms with Crippen molar-refractivity contribution in [1.29, 1.82) is 0 Å². The summed E-state index contributed by atoms with van der Waals surface area (Å²) in [5, 5.41) is 21.6. The predicted octanol–water partition coefficient (Wildman–Crippen LogP) is 5.69. The molecule has 0 fully saturated rings. The van der Waals surface area contributed by atoms with Crippen molar-refractivity contribution in [2.24, 2.45) is 5.92 Å². The normalized spacial score (nSPS) is 14.7. The van der Waals surface area contributed by atoms with Gasteiger partial charge in [0.05, 0.1) is 11.4 Å². The van der Waals surface area contributed by atoms with E-state index in [2.05, 4.69) is 16.8 Å². The summed E-state index contributed by atoms with van der Waals surface area (Å²) < 4.78 is 26.5. The quantitative estimate of drug-likeness (QED) is 0.209. The van der Waals surface area contributed by atoms with E-state index in [0.29, 0.717) is 11.3 Å². The SMILES string of the molecule is CC(C)C#CC(C(=O)O)([P+](=O)O)C(O)(Cc1ccc(F)cc1)c1cccc(-c2cccc3ccccc23)n1. The Morgan fingerprint density at radius 2 is 1.66 bits per heavy atom. The summed E-state index contributed by atoms with van der Waals surface area (Å²) >= 11 is 0. The van der Waals surface area contributed by atoms with Crippen LogP contribution >= 0.6 is 8.03 Å². The van der Waals surface area contributed by atoms with E-state index in [-0.39, 0.29) is 11.6 Å². The third-order valence-corrected chi connectivity index (χ3v) is 7.60. The molecule has 0 radical (unpaired) electrons. The van der Waals surface area contributed by atoms with Crippen LogP contribution in [0.4, 0.5) is 4.39 Å². The maximum absolute atomic E-state index is 13.6. The molecule has 38 heavy (non-hydrogen) atoms. The minimum Gasteiger partial charge on any atom is -0.477 e. The Labute approximate surface area is 220 Å². The Hall–Kier alpha value is -3.95. The van der Waals surface area contributed by atoms with Crippen LogP contribution in [0.5, 0.6) is 0 Å². The number of aliphatic carboxylic acids is 1. The summed E-state index contributed by atoms with van der Waals surface area (Å²) in [5.41, 5.74) is -1.22. The minimum atomic E-state index is -3.61. The number of benzene rings is 3. The molecule has 192 valence electrons. The largest absolute Gasteiger partial charge is 0.541 e. The van der Waals surface area contributed by atoms with Crippen molar-refractivity contribution < 1.29 is 28.9 Å². The number of fused-ring (bicyclic) bond motifs is 1. The fourth-order valence-electron chi connectivity index (χ4n) is 4.44. The summed E-state index contributed by atoms with van der Waals surface area (Å²) in [5.74, 6) is 2.47. The van der Waals surface area contributed by atoms with Gasteiger partial charge in [-0.2, -0.15) is 4.89 Å². The molecule has 0 spiro atoms. The van der Waals surface area contributed by atoms with Crippen LogP contribution in [0, 0.1) is 23.6 Å². The molecule has 0 aliphatic carbocycles. The molecule has 0 amide bonds. The Bertz CT molecular complexity index is 1560. The Kier molecular flexibility index (Phi) is 7.71. The van der Waals surface area contributed by atoms with Crippen molar-refractivity contribution >= 4 is 24.8 Å². The summed E-state index contributed by atoms with van der Waals surface area (Å²) in [4.78, 5) is 27.9. The van der Waals surface area contributed by atoms with Gasteiger partial charge in [-0.25, -0.2) is 14.2 Å². The van der Waals surface area contributed by atoms with Gasteiger partial charge in [0.2, 0.25) is 0 Å². The molecule has 8 heteroatoms. The van der Waals surface area contributed by atoms with E-state index in [1.54, 1.807) is 26.0 Å². The number of pyridine rings is 1. The molecule has 3 atom stereocenters. The fraction of sp³-hybridized carbons (Fsp3) is 0.200. The van der Waals surface area contributed by atoms with Crippen molar-refractivity contribution in [3.8, 4) is 23.1 Å². The lowest BCUT2D eigenvalue weighted by Gasteiger charge is -2.33. The summed E-state index contributed by atoms with van der Waals surface area (Å²) in [6.45, 7) is 3.39. The second-order valence-electron chi connectivity index (χ2n) is 9.31. The fourth-order valence-corrected chi connectivity index (χ4v) is 5.27. The highest BCUT2D eigenvalue weighted by molar-refractivity contribution is 7.42. The first-order chi connectivity index (χ1) is 18.1. The lowest BCUT2D eigenvalue weighted by atomic mass is 9.78. The summed E-state index contributed by atoms with van der Waals surface area (Å²) in [6, 6.07) is 23.1. The van der Waals surface area contributed by atoms with Crippen LogP contribution in [0.2, 0.25) is 0 Å². The lowest BCUT2D eigenvalue weighted by Crippen LogP contribution is -2.55. The molecular formula is C30H26FNO5P+. The first-order valence-electron chi connectivity index (χ1n) is 11.9. The van der Waals surface area contributed by atoms with Crippen LogP contribution < -0.4 is 0 Å². The Morgan fingerprint density at radius 1 is 1.00 bits per heavy atom. The molecule has 0 bridgehead atoms. The van der Waals surface area contributed by atoms with Gasteiger partial charge in [-0.3, -0.25) is 0 Å². The van der Waals surface area contributed by atoms with Gasteiger partial charge in [0.1, 0.15) is 5.82 Å². The summed E-state index contributed by atoms with van der Waals surface area (Å²) in [7, 11) is -3.61. The summed E-state index contributed by atoms with van der Waals surface area (Å²) in [6.07, 6.45) is -0.458. The molecule has 6 nitrogen and oxygen atoms in total. The highest BCUT2D eigenvalue weighted by atomic mass is 31.1. The molecule has 3 unspecified atom stereocenters. The van der Waals surface area contributed by atoms with Gasteiger partial charge in [0.25, 0.3) is 0 Å². The van der Waals surface area contributed by atoms with E-state index in [0.717, 1.165) is 28.5 Å². The van der Waals surface area contributed by atoms with E-state index in [1.807, 2.05) is 42.5 Å². The number of hydrogen-bond acceptors (Lipinski definition) is 4. The Balaban J connectivity index is 2.01. The first-order valence-corrected chi connectivity index (χ1v) is 13.1. The average Bonchev–Trinajstić information content (AvgIpc) is 2.89. The molecule has 1 aromatic heterocycles. The molecule has 0 saturated carbocycles. The maximum atomic E-state index is 13.6. The number of aromatic nitrogens is 1. The molecule has 3 aromatic carbocycles. The number of rotatable bonds is 7. The monoisotopic (exact) mass is 530 g/mol. The number of halogens is 1. The van der Waals surface area contributed by atoms with Crippen molar-refractivity contribution in [1.82, 2.24) is 4.98 Å². The molecule has 0 saturated heterocycles. The van der Waals surface area contributed by atoms with E-state index >= 15 is 0 Å². The average molecular weight is 531 g/mol. The smallest absolute Gasteiger partial charge is 0.477 e. The van der Waals surface area contributed by atoms with Gasteiger partial charge in [-0.1, -0.05) is 80.4 Å². The molecule has 1 heterocycles. The van der Waals surface area contributed by atoms with Crippen LogP contribution in [-0.2, 0) is 21.4 Å². The first kappa shape index (κ1) is 27.1. The molecular weight excluding hydrogens is 504 g/mol. The zero-order chi connectivity index (χ0) is 27.5. The van der Waals surface area contributed by atoms with Crippen LogP contribution in [-0.4, -0.2) is 31.2 Å². The van der Waals surface area contributed by atoms with Gasteiger partial charge in [-0.05, 0) is 51.1 Å². The number of hydrogen-bond donors (Lipinski definition) is 3. The zero-order valence-electron chi connectivity index (χ0n) is 20.8. The zero-order valence-corrected chi connectivity index (χ0v) is 21.7. The van der Waals surface area contributed by atoms with Crippen molar-refractivity contribution in [3.63, 3.8) is 0 Å². The third kappa shape index (κ3) is 4.94. The third-order valence-electron chi connectivity index (χ3n) is 6.35. The standard InChI is InChI=1S/C30H25FNO5P/c1-20(2)17-18-30(28(33)34,38(36)37)29(35,19-21-13-15-23(31)16-14-21)27-12-6-11-26(32-27)25-10-5-8-22-7-3-4-9-24(22)25/h3-16,20,35H,19H2,1-2H3,(H-,33,34,36,37)/p+1. The van der Waals surface area contributed by atoms with Gasteiger partial charge in [0, 0.05) is 17.9 Å². The van der Waals surface area contributed by atoms with Crippen LogP contribution in [0.25, 0.3) is 22.0 Å². The van der Waals surface area contributed by atoms with E-state index in [1.165, 1.54) is 18.2 Å². The Morgan fingerprint density at radius 3 is 2.32 bits per heavy atom. The van der Waals surface area contributed by atoms with Crippen molar-refractivity contribution in [2.75, 3.05) is 0 Å². The molecule has 4 rings (SSSR count). The minimum absolute atomic E-state index is 0.148.